The Balaban J connectivity index is 1.69. The second-order valence-corrected chi connectivity index (χ2v) is 6.81. The fraction of sp³-hybridized carbons (Fsp3) is 0.263. The Morgan fingerprint density at radius 2 is 2.19 bits per heavy atom. The molecular weight excluding hydrogens is 354 g/mol. The summed E-state index contributed by atoms with van der Waals surface area (Å²) < 4.78 is 5.25. The summed E-state index contributed by atoms with van der Waals surface area (Å²) in [6.07, 6.45) is 0.651. The van der Waals surface area contributed by atoms with Crippen LogP contribution < -0.4 is 9.64 Å². The lowest BCUT2D eigenvalue weighted by Gasteiger charge is -2.19. The predicted molar refractivity (Wildman–Crippen MR) is 101 cm³/mol. The number of methoxy groups -OCH3 is 1. The van der Waals surface area contributed by atoms with Gasteiger partial charge >= 0.3 is 5.97 Å². The van der Waals surface area contributed by atoms with Crippen molar-refractivity contribution in [3.8, 4) is 17.1 Å². The number of aliphatic carboxylic acids is 1. The molecule has 1 aliphatic heterocycles. The normalized spacial score (nSPS) is 17.0. The van der Waals surface area contributed by atoms with Crippen LogP contribution in [0.4, 0.5) is 5.69 Å². The first-order valence-corrected chi connectivity index (χ1v) is 8.74. The first kappa shape index (κ1) is 16.7. The summed E-state index contributed by atoms with van der Waals surface area (Å²) in [6, 6.07) is 11.4. The molecule has 0 radical (unpaired) electrons. The minimum absolute atomic E-state index is 0.326. The molecule has 1 aromatic heterocycles. The summed E-state index contributed by atoms with van der Waals surface area (Å²) in [4.78, 5) is 21.2. The molecule has 1 aliphatic rings. The summed E-state index contributed by atoms with van der Waals surface area (Å²) in [6.45, 7) is 1.23. The molecule has 0 spiro atoms. The second kappa shape index (κ2) is 6.53. The van der Waals surface area contributed by atoms with Crippen molar-refractivity contribution in [2.24, 2.45) is 5.92 Å². The summed E-state index contributed by atoms with van der Waals surface area (Å²) in [7, 11) is 1.62. The number of rotatable bonds is 4. The van der Waals surface area contributed by atoms with E-state index in [0.717, 1.165) is 34.6 Å². The van der Waals surface area contributed by atoms with E-state index in [0.29, 0.717) is 23.8 Å². The Kier molecular flexibility index (Phi) is 4.20. The van der Waals surface area contributed by atoms with Crippen molar-refractivity contribution in [3.05, 3.63) is 41.4 Å². The third kappa shape index (κ3) is 2.97. The highest BCUT2D eigenvalue weighted by molar-refractivity contribution is 6.33. The molecule has 1 fully saturated rings. The summed E-state index contributed by atoms with van der Waals surface area (Å²) in [5.74, 6) is 0.360. The molecular formula is C19H18ClN3O3. The number of ether oxygens (including phenoxy) is 1. The number of hydrogen-bond donors (Lipinski definition) is 2. The van der Waals surface area contributed by atoms with Crippen LogP contribution in [-0.4, -0.2) is 41.2 Å². The van der Waals surface area contributed by atoms with Gasteiger partial charge in [-0.1, -0.05) is 11.6 Å². The topological polar surface area (TPSA) is 78.4 Å². The third-order valence-electron chi connectivity index (χ3n) is 4.80. The van der Waals surface area contributed by atoms with Gasteiger partial charge in [-0.15, -0.1) is 0 Å². The lowest BCUT2D eigenvalue weighted by Crippen LogP contribution is -2.22. The second-order valence-electron chi connectivity index (χ2n) is 6.40. The number of carboxylic acids is 1. The zero-order chi connectivity index (χ0) is 18.3. The summed E-state index contributed by atoms with van der Waals surface area (Å²) in [5, 5.41) is 9.80. The predicted octanol–water partition coefficient (Wildman–Crippen LogP) is 3.80. The van der Waals surface area contributed by atoms with Gasteiger partial charge < -0.3 is 19.7 Å². The number of benzene rings is 2. The molecule has 1 unspecified atom stereocenters. The molecule has 7 heteroatoms. The van der Waals surface area contributed by atoms with Crippen LogP contribution in [0, 0.1) is 5.92 Å². The molecule has 0 bridgehead atoms. The SMILES string of the molecule is COc1ccc2nc(-c3cc(N4CCC(C(=O)O)C4)ccc3Cl)[nH]c2c1. The monoisotopic (exact) mass is 371 g/mol. The number of fused-ring (bicyclic) bond motifs is 1. The van der Waals surface area contributed by atoms with Crippen LogP contribution in [0.3, 0.4) is 0 Å². The number of halogens is 1. The quantitative estimate of drug-likeness (QED) is 0.729. The summed E-state index contributed by atoms with van der Waals surface area (Å²) >= 11 is 6.41. The highest BCUT2D eigenvalue weighted by atomic mass is 35.5. The number of H-pyrrole nitrogens is 1. The van der Waals surface area contributed by atoms with E-state index in [1.165, 1.54) is 0 Å². The van der Waals surface area contributed by atoms with Gasteiger partial charge in [0.05, 0.1) is 29.1 Å². The molecule has 134 valence electrons. The zero-order valence-electron chi connectivity index (χ0n) is 14.2. The van der Waals surface area contributed by atoms with Crippen LogP contribution in [0.15, 0.2) is 36.4 Å². The Bertz CT molecular complexity index is 985. The van der Waals surface area contributed by atoms with E-state index in [2.05, 4.69) is 14.9 Å². The van der Waals surface area contributed by atoms with E-state index < -0.39 is 5.97 Å². The lowest BCUT2D eigenvalue weighted by molar-refractivity contribution is -0.140. The van der Waals surface area contributed by atoms with Gasteiger partial charge in [-0.2, -0.15) is 0 Å². The Morgan fingerprint density at radius 1 is 1.35 bits per heavy atom. The first-order chi connectivity index (χ1) is 12.5. The smallest absolute Gasteiger partial charge is 0.308 e. The molecule has 2 heterocycles. The Labute approximate surface area is 155 Å². The minimum Gasteiger partial charge on any atom is -0.497 e. The van der Waals surface area contributed by atoms with Crippen molar-refractivity contribution in [2.45, 2.75) is 6.42 Å². The highest BCUT2D eigenvalue weighted by Crippen LogP contribution is 2.34. The van der Waals surface area contributed by atoms with Crippen LogP contribution in [0.2, 0.25) is 5.02 Å². The maximum atomic E-state index is 11.2. The third-order valence-corrected chi connectivity index (χ3v) is 5.13. The number of aromatic nitrogens is 2. The van der Waals surface area contributed by atoms with Crippen molar-refractivity contribution >= 4 is 34.3 Å². The van der Waals surface area contributed by atoms with E-state index in [9.17, 15) is 9.90 Å². The van der Waals surface area contributed by atoms with E-state index >= 15 is 0 Å². The lowest BCUT2D eigenvalue weighted by atomic mass is 10.1. The van der Waals surface area contributed by atoms with E-state index in [4.69, 9.17) is 16.3 Å². The average molecular weight is 372 g/mol. The zero-order valence-corrected chi connectivity index (χ0v) is 15.0. The van der Waals surface area contributed by atoms with Crippen LogP contribution in [0.25, 0.3) is 22.4 Å². The number of imidazole rings is 1. The van der Waals surface area contributed by atoms with E-state index in [-0.39, 0.29) is 5.92 Å². The molecule has 0 amide bonds. The number of nitrogens with zero attached hydrogens (tertiary/aromatic N) is 2. The van der Waals surface area contributed by atoms with Crippen LogP contribution in [0.5, 0.6) is 5.75 Å². The number of anilines is 1. The van der Waals surface area contributed by atoms with Crippen LogP contribution >= 0.6 is 11.6 Å². The van der Waals surface area contributed by atoms with Crippen molar-refractivity contribution in [1.29, 1.82) is 0 Å². The number of nitrogens with one attached hydrogen (secondary N) is 1. The van der Waals surface area contributed by atoms with E-state index in [1.54, 1.807) is 7.11 Å². The average Bonchev–Trinajstić information content (AvgIpc) is 3.28. The van der Waals surface area contributed by atoms with Crippen LogP contribution in [0.1, 0.15) is 6.42 Å². The van der Waals surface area contributed by atoms with Crippen LogP contribution in [-0.2, 0) is 4.79 Å². The number of aromatic amines is 1. The Morgan fingerprint density at radius 3 is 2.92 bits per heavy atom. The fourth-order valence-corrected chi connectivity index (χ4v) is 3.54. The molecule has 3 aromatic rings. The van der Waals surface area contributed by atoms with Gasteiger partial charge in [-0.05, 0) is 36.8 Å². The molecule has 1 saturated heterocycles. The molecule has 0 saturated carbocycles. The van der Waals surface area contributed by atoms with Crippen molar-refractivity contribution < 1.29 is 14.6 Å². The summed E-state index contributed by atoms with van der Waals surface area (Å²) in [5.41, 5.74) is 3.44. The van der Waals surface area contributed by atoms with Gasteiger partial charge in [0, 0.05) is 30.4 Å². The largest absolute Gasteiger partial charge is 0.497 e. The highest BCUT2D eigenvalue weighted by Gasteiger charge is 2.28. The van der Waals surface area contributed by atoms with Gasteiger partial charge in [0.15, 0.2) is 0 Å². The number of carboxylic acid groups (broad SMARTS) is 1. The molecule has 2 aromatic carbocycles. The van der Waals surface area contributed by atoms with Crippen molar-refractivity contribution in [2.75, 3.05) is 25.1 Å². The maximum Gasteiger partial charge on any atom is 0.308 e. The first-order valence-electron chi connectivity index (χ1n) is 8.36. The van der Waals surface area contributed by atoms with Crippen molar-refractivity contribution in [1.82, 2.24) is 9.97 Å². The van der Waals surface area contributed by atoms with Gasteiger partial charge in [-0.3, -0.25) is 4.79 Å². The fourth-order valence-electron chi connectivity index (χ4n) is 3.33. The van der Waals surface area contributed by atoms with Gasteiger partial charge in [0.2, 0.25) is 0 Å². The molecule has 1 atom stereocenters. The molecule has 2 N–H and O–H groups in total. The van der Waals surface area contributed by atoms with Gasteiger partial charge in [-0.25, -0.2) is 4.98 Å². The maximum absolute atomic E-state index is 11.2. The molecule has 4 rings (SSSR count). The van der Waals surface area contributed by atoms with Crippen molar-refractivity contribution in [3.63, 3.8) is 0 Å². The Hall–Kier alpha value is -2.73. The van der Waals surface area contributed by atoms with Gasteiger partial charge in [0.25, 0.3) is 0 Å². The number of hydrogen-bond acceptors (Lipinski definition) is 4. The molecule has 6 nitrogen and oxygen atoms in total. The minimum atomic E-state index is -0.743. The molecule has 0 aliphatic carbocycles. The molecule has 26 heavy (non-hydrogen) atoms. The number of carbonyl (C=O) groups is 1. The van der Waals surface area contributed by atoms with Gasteiger partial charge in [0.1, 0.15) is 11.6 Å². The standard InChI is InChI=1S/C19H18ClN3O3/c1-26-13-3-5-16-17(9-13)22-18(21-16)14-8-12(2-4-15(14)20)23-7-6-11(10-23)19(24)25/h2-5,8-9,11H,6-7,10H2,1H3,(H,21,22)(H,24,25). The van der Waals surface area contributed by atoms with E-state index in [1.807, 2.05) is 36.4 Å².